The average molecular weight is 198 g/mol. The normalized spacial score (nSPS) is 12.6. The first-order valence-corrected chi connectivity index (χ1v) is 4.58. The molecule has 0 aliphatic rings. The van der Waals surface area contributed by atoms with Crippen molar-refractivity contribution < 1.29 is 9.90 Å². The van der Waals surface area contributed by atoms with E-state index < -0.39 is 5.97 Å². The minimum Gasteiger partial charge on any atom is -0.481 e. The molecule has 0 aromatic carbocycles. The topological polar surface area (TPSA) is 75.1 Å². The van der Waals surface area contributed by atoms with Gasteiger partial charge >= 0.3 is 11.7 Å². The zero-order chi connectivity index (χ0) is 10.6. The second-order valence-corrected chi connectivity index (χ2v) is 3.31. The Bertz CT molecular complexity index is 353. The lowest BCUT2D eigenvalue weighted by molar-refractivity contribution is -0.137. The third kappa shape index (κ3) is 2.76. The molecule has 5 nitrogen and oxygen atoms in total. The van der Waals surface area contributed by atoms with Crippen molar-refractivity contribution in [2.45, 2.75) is 32.2 Å². The van der Waals surface area contributed by atoms with Crippen LogP contribution in [0.4, 0.5) is 0 Å². The predicted octanol–water partition coefficient (Wildman–Crippen LogP) is 0.992. The Balaban J connectivity index is 2.43. The molecule has 0 fully saturated rings. The Labute approximate surface area is 81.4 Å². The molecule has 0 bridgehead atoms. The predicted molar refractivity (Wildman–Crippen MR) is 51.3 cm³/mol. The standard InChI is InChI=1S/C9H14N2O3/c1-7(3-2-4-8(12)13)11-6-5-10-9(11)14/h5-7H,2-4H2,1H3,(H,10,14)(H,12,13). The van der Waals surface area contributed by atoms with Gasteiger partial charge in [0, 0.05) is 24.9 Å². The minimum atomic E-state index is -0.793. The number of nitrogens with one attached hydrogen (secondary N) is 1. The lowest BCUT2D eigenvalue weighted by Crippen LogP contribution is -2.19. The number of carboxylic acids is 1. The minimum absolute atomic E-state index is 0.0492. The van der Waals surface area contributed by atoms with Gasteiger partial charge in [-0.25, -0.2) is 4.79 Å². The van der Waals surface area contributed by atoms with E-state index in [9.17, 15) is 9.59 Å². The van der Waals surface area contributed by atoms with Crippen LogP contribution in [0.15, 0.2) is 17.2 Å². The van der Waals surface area contributed by atoms with Gasteiger partial charge in [-0.2, -0.15) is 0 Å². The van der Waals surface area contributed by atoms with E-state index in [4.69, 9.17) is 5.11 Å². The first kappa shape index (κ1) is 10.6. The number of rotatable bonds is 5. The summed E-state index contributed by atoms with van der Waals surface area (Å²) in [5.41, 5.74) is -0.146. The molecule has 0 aliphatic heterocycles. The Hall–Kier alpha value is -1.52. The summed E-state index contributed by atoms with van der Waals surface area (Å²) < 4.78 is 1.57. The van der Waals surface area contributed by atoms with Crippen molar-refractivity contribution in [2.24, 2.45) is 0 Å². The van der Waals surface area contributed by atoms with Crippen LogP contribution in [0, 0.1) is 0 Å². The summed E-state index contributed by atoms with van der Waals surface area (Å²) in [6.45, 7) is 1.90. The van der Waals surface area contributed by atoms with E-state index in [0.29, 0.717) is 12.8 Å². The van der Waals surface area contributed by atoms with Crippen molar-refractivity contribution >= 4 is 5.97 Å². The maximum absolute atomic E-state index is 11.1. The summed E-state index contributed by atoms with van der Waals surface area (Å²) in [7, 11) is 0. The third-order valence-corrected chi connectivity index (χ3v) is 2.16. The van der Waals surface area contributed by atoms with E-state index in [1.165, 1.54) is 0 Å². The molecular formula is C9H14N2O3. The van der Waals surface area contributed by atoms with Gasteiger partial charge in [0.15, 0.2) is 0 Å². The SMILES string of the molecule is CC(CCCC(=O)O)n1cc[nH]c1=O. The van der Waals surface area contributed by atoms with Crippen LogP contribution in [-0.4, -0.2) is 20.6 Å². The molecule has 0 saturated carbocycles. The van der Waals surface area contributed by atoms with Crippen molar-refractivity contribution in [3.05, 3.63) is 22.9 Å². The third-order valence-electron chi connectivity index (χ3n) is 2.16. The number of hydrogen-bond acceptors (Lipinski definition) is 2. The lowest BCUT2D eigenvalue weighted by Gasteiger charge is -2.10. The highest BCUT2D eigenvalue weighted by Gasteiger charge is 2.07. The zero-order valence-corrected chi connectivity index (χ0v) is 8.06. The highest BCUT2D eigenvalue weighted by Crippen LogP contribution is 2.11. The summed E-state index contributed by atoms with van der Waals surface area (Å²) in [5.74, 6) is -0.793. The van der Waals surface area contributed by atoms with E-state index in [1.54, 1.807) is 17.0 Å². The number of hydrogen-bond donors (Lipinski definition) is 2. The summed E-state index contributed by atoms with van der Waals surface area (Å²) in [5, 5.41) is 8.44. The van der Waals surface area contributed by atoms with Gasteiger partial charge in [0.25, 0.3) is 0 Å². The molecule has 1 unspecified atom stereocenters. The van der Waals surface area contributed by atoms with Gasteiger partial charge in [0.2, 0.25) is 0 Å². The largest absolute Gasteiger partial charge is 0.481 e. The van der Waals surface area contributed by atoms with Crippen molar-refractivity contribution in [3.63, 3.8) is 0 Å². The van der Waals surface area contributed by atoms with Gasteiger partial charge in [0.1, 0.15) is 0 Å². The molecule has 1 heterocycles. The summed E-state index contributed by atoms with van der Waals surface area (Å²) in [6, 6.07) is 0.0492. The van der Waals surface area contributed by atoms with Crippen LogP contribution in [0.3, 0.4) is 0 Å². The molecular weight excluding hydrogens is 184 g/mol. The number of H-pyrrole nitrogens is 1. The molecule has 1 rings (SSSR count). The summed E-state index contributed by atoms with van der Waals surface area (Å²) >= 11 is 0. The Morgan fingerprint density at radius 2 is 2.43 bits per heavy atom. The maximum atomic E-state index is 11.1. The van der Waals surface area contributed by atoms with Gasteiger partial charge in [-0.05, 0) is 19.8 Å². The quantitative estimate of drug-likeness (QED) is 0.740. The van der Waals surface area contributed by atoms with Crippen LogP contribution in [-0.2, 0) is 4.79 Å². The second kappa shape index (κ2) is 4.64. The van der Waals surface area contributed by atoms with Crippen LogP contribution in [0.2, 0.25) is 0 Å². The molecule has 14 heavy (non-hydrogen) atoms. The molecule has 0 aliphatic carbocycles. The van der Waals surface area contributed by atoms with Crippen LogP contribution in [0.1, 0.15) is 32.2 Å². The highest BCUT2D eigenvalue weighted by atomic mass is 16.4. The van der Waals surface area contributed by atoms with E-state index >= 15 is 0 Å². The van der Waals surface area contributed by atoms with Gasteiger partial charge < -0.3 is 10.1 Å². The monoisotopic (exact) mass is 198 g/mol. The van der Waals surface area contributed by atoms with E-state index in [0.717, 1.165) is 0 Å². The van der Waals surface area contributed by atoms with E-state index in [1.807, 2.05) is 6.92 Å². The number of carbonyl (C=O) groups is 1. The molecule has 1 atom stereocenters. The molecule has 2 N–H and O–H groups in total. The second-order valence-electron chi connectivity index (χ2n) is 3.31. The Kier molecular flexibility index (Phi) is 3.50. The summed E-state index contributed by atoms with van der Waals surface area (Å²) in [6.07, 6.45) is 4.70. The number of nitrogens with zero attached hydrogens (tertiary/aromatic N) is 1. The van der Waals surface area contributed by atoms with Crippen LogP contribution in [0.25, 0.3) is 0 Å². The van der Waals surface area contributed by atoms with Crippen molar-refractivity contribution in [2.75, 3.05) is 0 Å². The highest BCUT2D eigenvalue weighted by molar-refractivity contribution is 5.66. The van der Waals surface area contributed by atoms with Gasteiger partial charge in [-0.15, -0.1) is 0 Å². The van der Waals surface area contributed by atoms with Gasteiger partial charge in [-0.3, -0.25) is 9.36 Å². The van der Waals surface area contributed by atoms with E-state index in [2.05, 4.69) is 4.98 Å². The van der Waals surface area contributed by atoms with Crippen LogP contribution >= 0.6 is 0 Å². The molecule has 5 heteroatoms. The number of aromatic nitrogens is 2. The number of carboxylic acid groups (broad SMARTS) is 1. The molecule has 0 amide bonds. The molecule has 0 saturated heterocycles. The molecule has 0 radical (unpaired) electrons. The smallest absolute Gasteiger partial charge is 0.325 e. The van der Waals surface area contributed by atoms with Crippen molar-refractivity contribution in [3.8, 4) is 0 Å². The fourth-order valence-corrected chi connectivity index (χ4v) is 1.37. The van der Waals surface area contributed by atoms with Crippen LogP contribution < -0.4 is 5.69 Å². The van der Waals surface area contributed by atoms with E-state index in [-0.39, 0.29) is 18.2 Å². The molecule has 1 aromatic rings. The average Bonchev–Trinajstić information content (AvgIpc) is 2.50. The molecule has 0 spiro atoms. The first-order valence-electron chi connectivity index (χ1n) is 4.58. The van der Waals surface area contributed by atoms with Crippen molar-refractivity contribution in [1.29, 1.82) is 0 Å². The molecule has 78 valence electrons. The Morgan fingerprint density at radius 3 is 2.93 bits per heavy atom. The fraction of sp³-hybridized carbons (Fsp3) is 0.556. The maximum Gasteiger partial charge on any atom is 0.325 e. The van der Waals surface area contributed by atoms with Gasteiger partial charge in [-0.1, -0.05) is 0 Å². The first-order chi connectivity index (χ1) is 6.61. The summed E-state index contributed by atoms with van der Waals surface area (Å²) in [4.78, 5) is 23.9. The Morgan fingerprint density at radius 1 is 1.71 bits per heavy atom. The lowest BCUT2D eigenvalue weighted by atomic mass is 10.1. The number of imidazole rings is 1. The van der Waals surface area contributed by atoms with Gasteiger partial charge in [0.05, 0.1) is 0 Å². The van der Waals surface area contributed by atoms with Crippen molar-refractivity contribution in [1.82, 2.24) is 9.55 Å². The van der Waals surface area contributed by atoms with Crippen LogP contribution in [0.5, 0.6) is 0 Å². The number of aromatic amines is 1. The zero-order valence-electron chi connectivity index (χ0n) is 8.06. The molecule has 1 aromatic heterocycles. The number of aliphatic carboxylic acids is 1. The fourth-order valence-electron chi connectivity index (χ4n) is 1.37.